The maximum atomic E-state index is 13.2. The van der Waals surface area contributed by atoms with Gasteiger partial charge in [0.2, 0.25) is 0 Å². The highest BCUT2D eigenvalue weighted by Gasteiger charge is 2.30. The summed E-state index contributed by atoms with van der Waals surface area (Å²) in [7, 11) is 0. The summed E-state index contributed by atoms with van der Waals surface area (Å²) >= 11 is 0. The minimum atomic E-state index is -0.227. The summed E-state index contributed by atoms with van der Waals surface area (Å²) in [5.74, 6) is 0.0560. The maximum Gasteiger partial charge on any atom is 0.257 e. The van der Waals surface area contributed by atoms with Crippen molar-refractivity contribution in [2.24, 2.45) is 5.92 Å². The number of aryl methyl sites for hydroxylation is 1. The summed E-state index contributed by atoms with van der Waals surface area (Å²) in [6.07, 6.45) is 0.864. The zero-order valence-electron chi connectivity index (χ0n) is 16.9. The summed E-state index contributed by atoms with van der Waals surface area (Å²) in [6.45, 7) is 9.12. The van der Waals surface area contributed by atoms with Crippen molar-refractivity contribution in [2.75, 3.05) is 19.6 Å². The molecule has 0 aliphatic carbocycles. The molecule has 28 heavy (non-hydrogen) atoms. The Morgan fingerprint density at radius 2 is 1.89 bits per heavy atom. The van der Waals surface area contributed by atoms with Crippen molar-refractivity contribution >= 4 is 5.91 Å². The van der Waals surface area contributed by atoms with Gasteiger partial charge < -0.3 is 10.0 Å². The van der Waals surface area contributed by atoms with E-state index in [1.165, 1.54) is 12.1 Å². The van der Waals surface area contributed by atoms with E-state index >= 15 is 0 Å². The summed E-state index contributed by atoms with van der Waals surface area (Å²) in [4.78, 5) is 17.3. The first-order valence-electron chi connectivity index (χ1n) is 9.92. The molecule has 1 fully saturated rings. The van der Waals surface area contributed by atoms with Crippen LogP contribution in [-0.2, 0) is 6.54 Å². The van der Waals surface area contributed by atoms with E-state index in [-0.39, 0.29) is 23.5 Å². The van der Waals surface area contributed by atoms with E-state index in [1.807, 2.05) is 30.0 Å². The predicted molar refractivity (Wildman–Crippen MR) is 109 cm³/mol. The molecular formula is C23H29FN2O2. The van der Waals surface area contributed by atoms with E-state index in [2.05, 4.69) is 18.7 Å². The lowest BCUT2D eigenvalue weighted by atomic mass is 10.0. The van der Waals surface area contributed by atoms with Crippen molar-refractivity contribution in [3.63, 3.8) is 0 Å². The molecule has 1 aliphatic rings. The van der Waals surface area contributed by atoms with Crippen LogP contribution < -0.4 is 0 Å². The molecule has 2 aromatic carbocycles. The molecule has 1 aliphatic heterocycles. The van der Waals surface area contributed by atoms with Crippen LogP contribution in [0.25, 0.3) is 0 Å². The number of carbonyl (C=O) groups excluding carboxylic acids is 1. The molecule has 0 spiro atoms. The van der Waals surface area contributed by atoms with E-state index in [0.717, 1.165) is 30.6 Å². The predicted octanol–water partition coefficient (Wildman–Crippen LogP) is 4.21. The first kappa shape index (κ1) is 20.3. The Bertz CT molecular complexity index is 820. The van der Waals surface area contributed by atoms with Gasteiger partial charge in [-0.15, -0.1) is 0 Å². The Hall–Kier alpha value is -2.40. The van der Waals surface area contributed by atoms with Gasteiger partial charge in [-0.3, -0.25) is 9.69 Å². The number of hydrogen-bond acceptors (Lipinski definition) is 3. The Morgan fingerprint density at radius 3 is 2.54 bits per heavy atom. The van der Waals surface area contributed by atoms with E-state index in [0.29, 0.717) is 24.6 Å². The molecule has 1 atom stereocenters. The van der Waals surface area contributed by atoms with Gasteiger partial charge in [-0.1, -0.05) is 32.0 Å². The molecule has 0 saturated carbocycles. The van der Waals surface area contributed by atoms with E-state index < -0.39 is 0 Å². The van der Waals surface area contributed by atoms with E-state index in [9.17, 15) is 14.3 Å². The average molecular weight is 384 g/mol. The number of carbonyl (C=O) groups is 1. The molecule has 0 bridgehead atoms. The number of benzene rings is 2. The number of aromatic hydroxyl groups is 1. The van der Waals surface area contributed by atoms with Crippen LogP contribution in [-0.4, -0.2) is 46.5 Å². The molecule has 2 aromatic rings. The number of phenols is 1. The highest BCUT2D eigenvalue weighted by molar-refractivity contribution is 5.97. The summed E-state index contributed by atoms with van der Waals surface area (Å²) < 4.78 is 13.2. The summed E-state index contributed by atoms with van der Waals surface area (Å²) in [6, 6.07) is 12.0. The van der Waals surface area contributed by atoms with Gasteiger partial charge in [0, 0.05) is 32.2 Å². The second-order valence-electron chi connectivity index (χ2n) is 8.03. The highest BCUT2D eigenvalue weighted by Crippen LogP contribution is 2.24. The molecule has 1 saturated heterocycles. The molecule has 1 N–H and O–H groups in total. The fraction of sp³-hybridized carbons (Fsp3) is 0.435. The van der Waals surface area contributed by atoms with Crippen LogP contribution >= 0.6 is 0 Å². The molecule has 0 aromatic heterocycles. The number of nitrogens with zero attached hydrogens (tertiary/aromatic N) is 2. The summed E-state index contributed by atoms with van der Waals surface area (Å²) in [5, 5.41) is 10.2. The van der Waals surface area contributed by atoms with Crippen LogP contribution in [0.3, 0.4) is 0 Å². The van der Waals surface area contributed by atoms with Crippen molar-refractivity contribution in [3.8, 4) is 5.75 Å². The first-order chi connectivity index (χ1) is 13.3. The fourth-order valence-electron chi connectivity index (χ4n) is 3.89. The molecule has 1 amide bonds. The van der Waals surface area contributed by atoms with Gasteiger partial charge in [0.25, 0.3) is 5.91 Å². The van der Waals surface area contributed by atoms with Gasteiger partial charge in [-0.25, -0.2) is 4.39 Å². The minimum Gasteiger partial charge on any atom is -0.507 e. The van der Waals surface area contributed by atoms with Crippen LogP contribution in [0, 0.1) is 18.7 Å². The van der Waals surface area contributed by atoms with Crippen molar-refractivity contribution in [3.05, 3.63) is 65.0 Å². The van der Waals surface area contributed by atoms with Crippen LogP contribution in [0.4, 0.5) is 4.39 Å². The molecule has 5 heteroatoms. The lowest BCUT2D eigenvalue weighted by Crippen LogP contribution is -2.45. The minimum absolute atomic E-state index is 0.0403. The molecule has 0 unspecified atom stereocenters. The molecule has 4 nitrogen and oxygen atoms in total. The summed E-state index contributed by atoms with van der Waals surface area (Å²) in [5.41, 5.74) is 2.36. The van der Waals surface area contributed by atoms with Gasteiger partial charge in [0.15, 0.2) is 0 Å². The average Bonchev–Trinajstić information content (AvgIpc) is 2.86. The Labute approximate surface area is 166 Å². The maximum absolute atomic E-state index is 13.2. The molecule has 150 valence electrons. The lowest BCUT2D eigenvalue weighted by Gasteiger charge is -2.34. The topological polar surface area (TPSA) is 43.8 Å². The zero-order valence-corrected chi connectivity index (χ0v) is 16.9. The third-order valence-corrected chi connectivity index (χ3v) is 5.49. The molecule has 3 rings (SSSR count). The standard InChI is InChI=1S/C23H29FN2O2/c1-16(2)21-15-26(23(28)20-10-5-17(3)13-22(20)27)12-4-11-25(21)14-18-6-8-19(24)9-7-18/h5-10,13,16,21,27H,4,11-12,14-15H2,1-3H3/t21-/m0/s1. The molecule has 1 heterocycles. The van der Waals surface area contributed by atoms with Crippen LogP contribution in [0.5, 0.6) is 5.75 Å². The van der Waals surface area contributed by atoms with E-state index in [4.69, 9.17) is 0 Å². The smallest absolute Gasteiger partial charge is 0.257 e. The largest absolute Gasteiger partial charge is 0.507 e. The Kier molecular flexibility index (Phi) is 6.35. The Balaban J connectivity index is 1.78. The van der Waals surface area contributed by atoms with Crippen molar-refractivity contribution in [2.45, 2.75) is 39.8 Å². The van der Waals surface area contributed by atoms with Gasteiger partial charge in [0.05, 0.1) is 5.56 Å². The second-order valence-corrected chi connectivity index (χ2v) is 8.03. The van der Waals surface area contributed by atoms with Gasteiger partial charge in [-0.2, -0.15) is 0 Å². The zero-order chi connectivity index (χ0) is 20.3. The number of phenolic OH excluding ortho intramolecular Hbond substituents is 1. The van der Waals surface area contributed by atoms with Gasteiger partial charge in [-0.05, 0) is 54.7 Å². The van der Waals surface area contributed by atoms with Crippen molar-refractivity contribution in [1.82, 2.24) is 9.80 Å². The number of halogens is 1. The third-order valence-electron chi connectivity index (χ3n) is 5.49. The first-order valence-corrected chi connectivity index (χ1v) is 9.92. The van der Waals surface area contributed by atoms with E-state index in [1.54, 1.807) is 12.1 Å². The van der Waals surface area contributed by atoms with Crippen molar-refractivity contribution in [1.29, 1.82) is 0 Å². The number of rotatable bonds is 4. The normalized spacial score (nSPS) is 18.3. The molecular weight excluding hydrogens is 355 g/mol. The Morgan fingerprint density at radius 1 is 1.18 bits per heavy atom. The number of hydrogen-bond donors (Lipinski definition) is 1. The van der Waals surface area contributed by atoms with Crippen LogP contribution in [0.1, 0.15) is 41.8 Å². The third kappa shape index (κ3) is 4.71. The SMILES string of the molecule is Cc1ccc(C(=O)N2CCCN(Cc3ccc(F)cc3)[C@H](C(C)C)C2)c(O)c1. The monoisotopic (exact) mass is 384 g/mol. The van der Waals surface area contributed by atoms with Gasteiger partial charge >= 0.3 is 0 Å². The van der Waals surface area contributed by atoms with Crippen LogP contribution in [0.2, 0.25) is 0 Å². The molecule has 0 radical (unpaired) electrons. The number of amides is 1. The lowest BCUT2D eigenvalue weighted by molar-refractivity contribution is 0.0699. The fourth-order valence-corrected chi connectivity index (χ4v) is 3.89. The van der Waals surface area contributed by atoms with Gasteiger partial charge in [0.1, 0.15) is 11.6 Å². The van der Waals surface area contributed by atoms with Crippen LogP contribution in [0.15, 0.2) is 42.5 Å². The van der Waals surface area contributed by atoms with Crippen molar-refractivity contribution < 1.29 is 14.3 Å². The quantitative estimate of drug-likeness (QED) is 0.859. The highest BCUT2D eigenvalue weighted by atomic mass is 19.1. The second kappa shape index (κ2) is 8.74.